The van der Waals surface area contributed by atoms with Crippen LogP contribution in [0.25, 0.3) is 0 Å². The summed E-state index contributed by atoms with van der Waals surface area (Å²) >= 11 is 1.80. The van der Waals surface area contributed by atoms with Gasteiger partial charge in [0.1, 0.15) is 0 Å². The van der Waals surface area contributed by atoms with Crippen molar-refractivity contribution in [2.75, 3.05) is 31.6 Å². The molecule has 0 bridgehead atoms. The van der Waals surface area contributed by atoms with Gasteiger partial charge in [0.15, 0.2) is 5.13 Å². The van der Waals surface area contributed by atoms with Gasteiger partial charge in [-0.05, 0) is 34.7 Å². The summed E-state index contributed by atoms with van der Waals surface area (Å²) in [4.78, 5) is 8.39. The van der Waals surface area contributed by atoms with E-state index in [0.29, 0.717) is 6.04 Å². The van der Waals surface area contributed by atoms with Gasteiger partial charge >= 0.3 is 0 Å². The minimum Gasteiger partial charge on any atom is -0.372 e. The molecular weight excluding hydrogens is 246 g/mol. The zero-order valence-electron chi connectivity index (χ0n) is 11.9. The Morgan fingerprint density at radius 2 is 2.22 bits per heavy atom. The maximum atomic E-state index is 5.75. The van der Waals surface area contributed by atoms with Gasteiger partial charge in [0, 0.05) is 24.0 Å². The molecular formula is C13H23N3OS. The Hall–Kier alpha value is -0.650. The summed E-state index contributed by atoms with van der Waals surface area (Å²) < 4.78 is 5.75. The Bertz CT molecular complexity index is 416. The van der Waals surface area contributed by atoms with Crippen molar-refractivity contribution in [3.63, 3.8) is 0 Å². The first kappa shape index (κ1) is 13.8. The molecule has 1 aromatic rings. The SMILES string of the molecule is CNC(C)c1sc(N2CCOC(C)(C)C2)nc1C. The summed E-state index contributed by atoms with van der Waals surface area (Å²) in [5, 5.41) is 4.41. The van der Waals surface area contributed by atoms with Crippen LogP contribution in [0.1, 0.15) is 37.4 Å². The first-order valence-corrected chi connectivity index (χ1v) is 7.28. The number of aromatic nitrogens is 1. The van der Waals surface area contributed by atoms with E-state index in [-0.39, 0.29) is 5.60 Å². The number of rotatable bonds is 3. The number of ether oxygens (including phenoxy) is 1. The van der Waals surface area contributed by atoms with Gasteiger partial charge in [-0.1, -0.05) is 0 Å². The Labute approximate surface area is 113 Å². The molecule has 0 amide bonds. The number of aryl methyl sites for hydroxylation is 1. The van der Waals surface area contributed by atoms with Crippen molar-refractivity contribution < 1.29 is 4.74 Å². The van der Waals surface area contributed by atoms with Crippen LogP contribution in [0.2, 0.25) is 0 Å². The number of nitrogens with zero attached hydrogens (tertiary/aromatic N) is 2. The summed E-state index contributed by atoms with van der Waals surface area (Å²) in [5.41, 5.74) is 1.06. The average molecular weight is 269 g/mol. The van der Waals surface area contributed by atoms with E-state index in [1.165, 1.54) is 4.88 Å². The van der Waals surface area contributed by atoms with Crippen LogP contribution >= 0.6 is 11.3 Å². The highest BCUT2D eigenvalue weighted by Gasteiger charge is 2.29. The lowest BCUT2D eigenvalue weighted by atomic mass is 10.1. The Morgan fingerprint density at radius 3 is 2.83 bits per heavy atom. The zero-order valence-corrected chi connectivity index (χ0v) is 12.7. The van der Waals surface area contributed by atoms with Crippen LogP contribution in [-0.4, -0.2) is 37.3 Å². The molecule has 0 radical (unpaired) electrons. The van der Waals surface area contributed by atoms with E-state index >= 15 is 0 Å². The molecule has 102 valence electrons. The fourth-order valence-corrected chi connectivity index (χ4v) is 3.39. The summed E-state index contributed by atoms with van der Waals surface area (Å²) in [7, 11) is 1.99. The van der Waals surface area contributed by atoms with Crippen molar-refractivity contribution in [2.45, 2.75) is 39.3 Å². The summed E-state index contributed by atoms with van der Waals surface area (Å²) in [6.07, 6.45) is 0. The van der Waals surface area contributed by atoms with Gasteiger partial charge in [-0.15, -0.1) is 11.3 Å². The quantitative estimate of drug-likeness (QED) is 0.914. The molecule has 2 rings (SSSR count). The van der Waals surface area contributed by atoms with E-state index in [9.17, 15) is 0 Å². The Morgan fingerprint density at radius 1 is 1.50 bits per heavy atom. The minimum atomic E-state index is -0.0768. The molecule has 1 fully saturated rings. The van der Waals surface area contributed by atoms with Crippen LogP contribution in [0.3, 0.4) is 0 Å². The molecule has 1 aromatic heterocycles. The van der Waals surface area contributed by atoms with Crippen LogP contribution in [0.5, 0.6) is 0 Å². The van der Waals surface area contributed by atoms with Crippen molar-refractivity contribution >= 4 is 16.5 Å². The Kier molecular flexibility index (Phi) is 3.94. The van der Waals surface area contributed by atoms with Crippen molar-refractivity contribution in [1.29, 1.82) is 0 Å². The number of nitrogens with one attached hydrogen (secondary N) is 1. The van der Waals surface area contributed by atoms with Gasteiger partial charge in [0.25, 0.3) is 0 Å². The van der Waals surface area contributed by atoms with Crippen LogP contribution in [0.15, 0.2) is 0 Å². The monoisotopic (exact) mass is 269 g/mol. The first-order chi connectivity index (χ1) is 8.43. The second-order valence-corrected chi connectivity index (χ2v) is 6.50. The highest BCUT2D eigenvalue weighted by Crippen LogP contribution is 2.32. The lowest BCUT2D eigenvalue weighted by Crippen LogP contribution is -2.48. The Balaban J connectivity index is 2.19. The largest absolute Gasteiger partial charge is 0.372 e. The van der Waals surface area contributed by atoms with E-state index in [2.05, 4.69) is 37.9 Å². The normalized spacial score (nSPS) is 21.1. The van der Waals surface area contributed by atoms with Crippen molar-refractivity contribution in [3.05, 3.63) is 10.6 Å². The molecule has 18 heavy (non-hydrogen) atoms. The van der Waals surface area contributed by atoms with E-state index in [1.807, 2.05) is 7.05 Å². The zero-order chi connectivity index (χ0) is 13.3. The molecule has 2 heterocycles. The van der Waals surface area contributed by atoms with Gasteiger partial charge in [0.2, 0.25) is 0 Å². The van der Waals surface area contributed by atoms with Crippen LogP contribution in [-0.2, 0) is 4.74 Å². The van der Waals surface area contributed by atoms with E-state index in [0.717, 1.165) is 30.5 Å². The number of morpholine rings is 1. The summed E-state index contributed by atoms with van der Waals surface area (Å²) in [6, 6.07) is 0.366. The van der Waals surface area contributed by atoms with Crippen LogP contribution in [0, 0.1) is 6.92 Å². The van der Waals surface area contributed by atoms with Gasteiger partial charge in [0.05, 0.1) is 17.9 Å². The van der Waals surface area contributed by atoms with E-state index in [4.69, 9.17) is 9.72 Å². The third-order valence-electron chi connectivity index (χ3n) is 3.34. The summed E-state index contributed by atoms with van der Waals surface area (Å²) in [6.45, 7) is 11.2. The number of thiazole rings is 1. The first-order valence-electron chi connectivity index (χ1n) is 6.46. The highest BCUT2D eigenvalue weighted by molar-refractivity contribution is 7.15. The predicted octanol–water partition coefficient (Wildman–Crippen LogP) is 2.35. The standard InChI is InChI=1S/C13H23N3OS/c1-9(14-5)11-10(2)15-12(18-11)16-6-7-17-13(3,4)8-16/h9,14H,6-8H2,1-5H3. The fourth-order valence-electron chi connectivity index (χ4n) is 2.24. The van der Waals surface area contributed by atoms with Crippen molar-refractivity contribution in [3.8, 4) is 0 Å². The molecule has 1 atom stereocenters. The number of hydrogen-bond acceptors (Lipinski definition) is 5. The maximum absolute atomic E-state index is 5.75. The topological polar surface area (TPSA) is 37.4 Å². The van der Waals surface area contributed by atoms with Crippen LogP contribution in [0.4, 0.5) is 5.13 Å². The minimum absolute atomic E-state index is 0.0768. The molecule has 1 N–H and O–H groups in total. The third kappa shape index (κ3) is 2.84. The summed E-state index contributed by atoms with van der Waals surface area (Å²) in [5.74, 6) is 0. The maximum Gasteiger partial charge on any atom is 0.186 e. The number of hydrogen-bond donors (Lipinski definition) is 1. The lowest BCUT2D eigenvalue weighted by Gasteiger charge is -2.38. The molecule has 1 aliphatic heterocycles. The third-order valence-corrected chi connectivity index (χ3v) is 4.74. The van der Waals surface area contributed by atoms with Gasteiger partial charge < -0.3 is 15.0 Å². The lowest BCUT2D eigenvalue weighted by molar-refractivity contribution is -0.0277. The van der Waals surface area contributed by atoms with Gasteiger partial charge in [-0.3, -0.25) is 0 Å². The molecule has 0 aliphatic carbocycles. The molecule has 5 heteroatoms. The van der Waals surface area contributed by atoms with E-state index < -0.39 is 0 Å². The molecule has 0 saturated carbocycles. The van der Waals surface area contributed by atoms with Crippen LogP contribution < -0.4 is 10.2 Å². The second kappa shape index (κ2) is 5.15. The second-order valence-electron chi connectivity index (χ2n) is 5.49. The van der Waals surface area contributed by atoms with Crippen molar-refractivity contribution in [2.24, 2.45) is 0 Å². The fraction of sp³-hybridized carbons (Fsp3) is 0.769. The molecule has 0 aromatic carbocycles. The smallest absolute Gasteiger partial charge is 0.186 e. The highest BCUT2D eigenvalue weighted by atomic mass is 32.1. The molecule has 4 nitrogen and oxygen atoms in total. The molecule has 1 saturated heterocycles. The van der Waals surface area contributed by atoms with Gasteiger partial charge in [-0.2, -0.15) is 0 Å². The molecule has 1 unspecified atom stereocenters. The van der Waals surface area contributed by atoms with Crippen molar-refractivity contribution in [1.82, 2.24) is 10.3 Å². The average Bonchev–Trinajstić information content (AvgIpc) is 2.69. The molecule has 0 spiro atoms. The predicted molar refractivity (Wildman–Crippen MR) is 76.6 cm³/mol. The van der Waals surface area contributed by atoms with E-state index in [1.54, 1.807) is 11.3 Å². The van der Waals surface area contributed by atoms with Gasteiger partial charge in [-0.25, -0.2) is 4.98 Å². The number of anilines is 1. The molecule has 1 aliphatic rings.